The molecular weight excluding hydrogens is 415 g/mol. The molecule has 32 heavy (non-hydrogen) atoms. The summed E-state index contributed by atoms with van der Waals surface area (Å²) in [6, 6.07) is 29.6. The Morgan fingerprint density at radius 1 is 0.562 bits per heavy atom. The Hall–Kier alpha value is -3.41. The first-order valence-corrected chi connectivity index (χ1v) is 9.95. The second kappa shape index (κ2) is 11.3. The van der Waals surface area contributed by atoms with Crippen molar-refractivity contribution in [1.82, 2.24) is 0 Å². The van der Waals surface area contributed by atoms with Crippen LogP contribution < -0.4 is 4.70 Å². The summed E-state index contributed by atoms with van der Waals surface area (Å²) in [6.07, 6.45) is 0. The summed E-state index contributed by atoms with van der Waals surface area (Å²) in [6.45, 7) is 6.40. The molecule has 0 N–H and O–H groups in total. The molecule has 0 spiro atoms. The highest BCUT2D eigenvalue weighted by atomic mass is 19.4. The highest BCUT2D eigenvalue weighted by Gasteiger charge is 2.23. The molecule has 0 bridgehead atoms. The monoisotopic (exact) mass is 438 g/mol. The van der Waals surface area contributed by atoms with Crippen LogP contribution in [0.1, 0.15) is 16.7 Å². The van der Waals surface area contributed by atoms with Gasteiger partial charge in [-0.3, -0.25) is 12.9 Å². The molecular formula is C26H23BF4O. The fourth-order valence-electron chi connectivity index (χ4n) is 3.52. The van der Waals surface area contributed by atoms with Gasteiger partial charge in [-0.1, -0.05) is 60.7 Å². The molecule has 0 saturated heterocycles. The molecule has 164 valence electrons. The Morgan fingerprint density at radius 2 is 0.875 bits per heavy atom. The van der Waals surface area contributed by atoms with E-state index in [0.717, 1.165) is 22.6 Å². The lowest BCUT2D eigenvalue weighted by Gasteiger charge is -2.07. The van der Waals surface area contributed by atoms with Crippen LogP contribution in [0.5, 0.6) is 0 Å². The van der Waals surface area contributed by atoms with Crippen LogP contribution >= 0.6 is 0 Å². The summed E-state index contributed by atoms with van der Waals surface area (Å²) in [5, 5.41) is 0. The van der Waals surface area contributed by atoms with Gasteiger partial charge in [-0.15, -0.1) is 0 Å². The number of rotatable bonds is 3. The SMILES string of the molecule is Cc1ccccc1-c1cc(-c2ccccc2C)[o+]c(-c2ccccc2C)c1.FB(F)F.[F-]. The average Bonchev–Trinajstić information content (AvgIpc) is 2.74. The topological polar surface area (TPSA) is 11.3 Å². The first kappa shape index (κ1) is 24.9. The number of aryl methyl sites for hydroxylation is 3. The van der Waals surface area contributed by atoms with Crippen molar-refractivity contribution in [2.75, 3.05) is 0 Å². The van der Waals surface area contributed by atoms with Crippen LogP contribution in [0.25, 0.3) is 33.8 Å². The van der Waals surface area contributed by atoms with Crippen LogP contribution in [0.15, 0.2) is 89.3 Å². The van der Waals surface area contributed by atoms with Crippen molar-refractivity contribution in [2.24, 2.45) is 0 Å². The normalized spacial score (nSPS) is 9.94. The second-order valence-electron chi connectivity index (χ2n) is 7.27. The summed E-state index contributed by atoms with van der Waals surface area (Å²) in [5.41, 5.74) is 8.34. The van der Waals surface area contributed by atoms with Gasteiger partial charge in [0.25, 0.3) is 0 Å². The van der Waals surface area contributed by atoms with Crippen molar-refractivity contribution in [3.05, 3.63) is 102 Å². The molecule has 0 aliphatic heterocycles. The smallest absolute Gasteiger partial charge is 0.762 e. The Labute approximate surface area is 186 Å². The van der Waals surface area contributed by atoms with Gasteiger partial charge < -0.3 is 4.70 Å². The molecule has 1 nitrogen and oxygen atoms in total. The Bertz CT molecular complexity index is 1020. The molecule has 1 aromatic heterocycles. The summed E-state index contributed by atoms with van der Waals surface area (Å²) in [4.78, 5) is 0. The van der Waals surface area contributed by atoms with Crippen molar-refractivity contribution < 1.29 is 22.1 Å². The zero-order valence-electron chi connectivity index (χ0n) is 18.1. The van der Waals surface area contributed by atoms with E-state index in [9.17, 15) is 12.9 Å². The molecule has 0 atom stereocenters. The quantitative estimate of drug-likeness (QED) is 0.238. The van der Waals surface area contributed by atoms with Gasteiger partial charge in [0.15, 0.2) is 0 Å². The van der Waals surface area contributed by atoms with Gasteiger partial charge in [-0.05, 0) is 55.2 Å². The van der Waals surface area contributed by atoms with E-state index in [4.69, 9.17) is 4.42 Å². The van der Waals surface area contributed by atoms with Crippen molar-refractivity contribution in [3.63, 3.8) is 0 Å². The standard InChI is InChI=1S/C26H23O.BF3.FH/c1-18-10-4-7-13-22(18)21-16-25(23-14-8-5-11-19(23)2)27-26(17-21)24-15-9-6-12-20(24)3;2-1(3)4;/h4-17H,1-3H3;;1H/q+1;;/p-1. The Kier molecular flexibility index (Phi) is 8.76. The molecule has 0 aliphatic carbocycles. The van der Waals surface area contributed by atoms with E-state index in [1.165, 1.54) is 27.8 Å². The van der Waals surface area contributed by atoms with Gasteiger partial charge in [0.1, 0.15) is 0 Å². The van der Waals surface area contributed by atoms with Gasteiger partial charge >= 0.3 is 19.1 Å². The van der Waals surface area contributed by atoms with Gasteiger partial charge in [0.05, 0.1) is 23.3 Å². The van der Waals surface area contributed by atoms with Crippen LogP contribution in [0.4, 0.5) is 12.9 Å². The number of hydrogen-bond acceptors (Lipinski definition) is 0. The van der Waals surface area contributed by atoms with Crippen molar-refractivity contribution in [3.8, 4) is 33.8 Å². The summed E-state index contributed by atoms with van der Waals surface area (Å²) >= 11 is 0. The Morgan fingerprint density at radius 3 is 1.22 bits per heavy atom. The maximum atomic E-state index is 9.67. The molecule has 0 saturated carbocycles. The van der Waals surface area contributed by atoms with Crippen LogP contribution in [-0.2, 0) is 0 Å². The van der Waals surface area contributed by atoms with Gasteiger partial charge in [0.2, 0.25) is 0 Å². The van der Waals surface area contributed by atoms with E-state index < -0.39 is 7.54 Å². The summed E-state index contributed by atoms with van der Waals surface area (Å²) < 4.78 is 35.4. The zero-order valence-corrected chi connectivity index (χ0v) is 18.1. The third-order valence-corrected chi connectivity index (χ3v) is 5.07. The lowest BCUT2D eigenvalue weighted by atomic mass is 9.96. The predicted octanol–water partition coefficient (Wildman–Crippen LogP) is 5.37. The van der Waals surface area contributed by atoms with Crippen LogP contribution in [0.2, 0.25) is 0 Å². The minimum absolute atomic E-state index is 0. The first-order chi connectivity index (χ1) is 14.9. The number of benzene rings is 3. The molecule has 1 heterocycles. The van der Waals surface area contributed by atoms with E-state index in [2.05, 4.69) is 106 Å². The molecule has 0 fully saturated rings. The lowest BCUT2D eigenvalue weighted by molar-refractivity contribution is -0.00000960. The van der Waals surface area contributed by atoms with E-state index in [0.29, 0.717) is 0 Å². The maximum absolute atomic E-state index is 9.67. The van der Waals surface area contributed by atoms with E-state index >= 15 is 0 Å². The minimum Gasteiger partial charge on any atom is -1.00 e. The molecule has 0 radical (unpaired) electrons. The maximum Gasteiger partial charge on any atom is 0.762 e. The van der Waals surface area contributed by atoms with Crippen molar-refractivity contribution in [2.45, 2.75) is 20.8 Å². The molecule has 4 rings (SSSR count). The number of hydrogen-bond donors (Lipinski definition) is 0. The second-order valence-corrected chi connectivity index (χ2v) is 7.27. The van der Waals surface area contributed by atoms with Crippen molar-refractivity contribution in [1.29, 1.82) is 0 Å². The third kappa shape index (κ3) is 6.07. The summed E-state index contributed by atoms with van der Waals surface area (Å²) in [5.74, 6) is 1.79. The summed E-state index contributed by atoms with van der Waals surface area (Å²) in [7, 11) is -3.67. The molecule has 4 aromatic rings. The molecule has 3 aromatic carbocycles. The van der Waals surface area contributed by atoms with Crippen molar-refractivity contribution >= 4 is 7.54 Å². The molecule has 0 amide bonds. The van der Waals surface area contributed by atoms with Gasteiger partial charge in [-0.2, -0.15) is 0 Å². The van der Waals surface area contributed by atoms with Crippen LogP contribution in [-0.4, -0.2) is 7.54 Å². The molecule has 0 unspecified atom stereocenters. The fraction of sp³-hybridized carbons (Fsp3) is 0.115. The first-order valence-electron chi connectivity index (χ1n) is 9.95. The van der Waals surface area contributed by atoms with E-state index in [1.54, 1.807) is 0 Å². The van der Waals surface area contributed by atoms with Gasteiger partial charge in [0, 0.05) is 5.56 Å². The predicted molar refractivity (Wildman–Crippen MR) is 123 cm³/mol. The van der Waals surface area contributed by atoms with Gasteiger partial charge in [-0.25, -0.2) is 4.42 Å². The van der Waals surface area contributed by atoms with E-state index in [1.807, 2.05) is 0 Å². The van der Waals surface area contributed by atoms with Crippen LogP contribution in [0.3, 0.4) is 0 Å². The zero-order chi connectivity index (χ0) is 22.4. The lowest BCUT2D eigenvalue weighted by Crippen LogP contribution is -3.00. The Balaban J connectivity index is 0.000000672. The molecule has 6 heteroatoms. The molecule has 0 aliphatic rings. The largest absolute Gasteiger partial charge is 1.00 e. The highest BCUT2D eigenvalue weighted by Crippen LogP contribution is 2.35. The average molecular weight is 438 g/mol. The number of halogens is 4. The fourth-order valence-corrected chi connectivity index (χ4v) is 3.52. The third-order valence-electron chi connectivity index (χ3n) is 5.07. The highest BCUT2D eigenvalue weighted by molar-refractivity contribution is 6.33. The van der Waals surface area contributed by atoms with Crippen LogP contribution in [0, 0.1) is 20.8 Å². The van der Waals surface area contributed by atoms with E-state index in [-0.39, 0.29) is 4.70 Å². The minimum atomic E-state index is -3.67.